The van der Waals surface area contributed by atoms with Crippen molar-refractivity contribution >= 4 is 22.8 Å². The van der Waals surface area contributed by atoms with Crippen molar-refractivity contribution in [3.05, 3.63) is 77.5 Å². The molecule has 0 aliphatic carbocycles. The molecule has 0 unspecified atom stereocenters. The van der Waals surface area contributed by atoms with Crippen molar-refractivity contribution in [2.24, 2.45) is 0 Å². The van der Waals surface area contributed by atoms with Crippen molar-refractivity contribution in [3.8, 4) is 22.8 Å². The highest BCUT2D eigenvalue weighted by molar-refractivity contribution is 5.90. The molecule has 0 spiro atoms. The van der Waals surface area contributed by atoms with Gasteiger partial charge in [0.05, 0.1) is 19.9 Å². The number of fused-ring (bicyclic) bond motifs is 3. The number of rotatable bonds is 6. The summed E-state index contributed by atoms with van der Waals surface area (Å²) in [5.41, 5.74) is 2.87. The SMILES string of the molecule is COc1ccc(NC(=O)Cn2nc3c4cc(-c5ccc(OC)cc5)nn4ccn3c2=O)cc1. The molecular formula is C23H20N6O4. The van der Waals surface area contributed by atoms with E-state index in [0.29, 0.717) is 22.6 Å². The van der Waals surface area contributed by atoms with Crippen molar-refractivity contribution in [2.45, 2.75) is 6.54 Å². The first-order valence-corrected chi connectivity index (χ1v) is 10.1. The van der Waals surface area contributed by atoms with Crippen molar-refractivity contribution in [3.63, 3.8) is 0 Å². The molecule has 0 aliphatic rings. The van der Waals surface area contributed by atoms with Gasteiger partial charge in [-0.1, -0.05) is 0 Å². The number of nitrogens with zero attached hydrogens (tertiary/aromatic N) is 5. The number of methoxy groups -OCH3 is 2. The van der Waals surface area contributed by atoms with E-state index in [1.54, 1.807) is 55.4 Å². The van der Waals surface area contributed by atoms with Gasteiger partial charge in [-0.25, -0.2) is 18.4 Å². The maximum absolute atomic E-state index is 12.8. The summed E-state index contributed by atoms with van der Waals surface area (Å²) in [7, 11) is 3.18. The first-order valence-electron chi connectivity index (χ1n) is 10.1. The summed E-state index contributed by atoms with van der Waals surface area (Å²) in [5, 5.41) is 11.7. The van der Waals surface area contributed by atoms with E-state index >= 15 is 0 Å². The van der Waals surface area contributed by atoms with Crippen LogP contribution in [0.4, 0.5) is 5.69 Å². The summed E-state index contributed by atoms with van der Waals surface area (Å²) in [4.78, 5) is 25.3. The molecule has 1 N–H and O–H groups in total. The fourth-order valence-electron chi connectivity index (χ4n) is 3.55. The highest BCUT2D eigenvalue weighted by Gasteiger charge is 2.15. The molecule has 10 nitrogen and oxygen atoms in total. The number of anilines is 1. The molecule has 0 saturated heterocycles. The Balaban J connectivity index is 1.44. The van der Waals surface area contributed by atoms with Gasteiger partial charge in [0, 0.05) is 23.6 Å². The lowest BCUT2D eigenvalue weighted by atomic mass is 10.1. The number of benzene rings is 2. The van der Waals surface area contributed by atoms with Crippen LogP contribution in [-0.4, -0.2) is 43.9 Å². The van der Waals surface area contributed by atoms with Gasteiger partial charge in [-0.15, -0.1) is 5.10 Å². The smallest absolute Gasteiger partial charge is 0.350 e. The van der Waals surface area contributed by atoms with Crippen LogP contribution in [0.1, 0.15) is 0 Å². The second-order valence-electron chi connectivity index (χ2n) is 7.30. The average molecular weight is 444 g/mol. The van der Waals surface area contributed by atoms with E-state index in [-0.39, 0.29) is 12.5 Å². The molecule has 3 aromatic heterocycles. The molecule has 10 heteroatoms. The van der Waals surface area contributed by atoms with Crippen LogP contribution in [0, 0.1) is 0 Å². The van der Waals surface area contributed by atoms with Crippen LogP contribution in [0.3, 0.4) is 0 Å². The van der Waals surface area contributed by atoms with E-state index < -0.39 is 5.69 Å². The minimum Gasteiger partial charge on any atom is -0.497 e. The Morgan fingerprint density at radius 2 is 1.61 bits per heavy atom. The van der Waals surface area contributed by atoms with Crippen LogP contribution < -0.4 is 20.5 Å². The van der Waals surface area contributed by atoms with Crippen LogP contribution in [0.5, 0.6) is 11.5 Å². The summed E-state index contributed by atoms with van der Waals surface area (Å²) in [6, 6.07) is 16.3. The predicted octanol–water partition coefficient (Wildman–Crippen LogP) is 2.47. The Morgan fingerprint density at radius 3 is 2.27 bits per heavy atom. The van der Waals surface area contributed by atoms with Gasteiger partial charge in [-0.3, -0.25) is 4.79 Å². The molecule has 3 heterocycles. The van der Waals surface area contributed by atoms with Crippen molar-refractivity contribution in [2.75, 3.05) is 19.5 Å². The first-order chi connectivity index (χ1) is 16.1. The van der Waals surface area contributed by atoms with Crippen LogP contribution in [-0.2, 0) is 11.3 Å². The number of aromatic nitrogens is 5. The molecule has 1 amide bonds. The van der Waals surface area contributed by atoms with Crippen LogP contribution in [0.25, 0.3) is 22.4 Å². The van der Waals surface area contributed by atoms with E-state index in [0.717, 1.165) is 21.7 Å². The van der Waals surface area contributed by atoms with Gasteiger partial charge < -0.3 is 14.8 Å². The number of hydrogen-bond acceptors (Lipinski definition) is 6. The number of carbonyl (C=O) groups is 1. The van der Waals surface area contributed by atoms with Crippen molar-refractivity contribution in [1.29, 1.82) is 0 Å². The van der Waals surface area contributed by atoms with Crippen molar-refractivity contribution < 1.29 is 14.3 Å². The van der Waals surface area contributed by atoms with E-state index in [2.05, 4.69) is 15.5 Å². The molecule has 2 aromatic carbocycles. The summed E-state index contributed by atoms with van der Waals surface area (Å²) in [5.74, 6) is 1.07. The van der Waals surface area contributed by atoms with Gasteiger partial charge in [0.2, 0.25) is 5.91 Å². The minimum atomic E-state index is -0.412. The summed E-state index contributed by atoms with van der Waals surface area (Å²) in [6.45, 7) is -0.224. The second kappa shape index (κ2) is 8.15. The predicted molar refractivity (Wildman–Crippen MR) is 122 cm³/mol. The molecule has 166 valence electrons. The average Bonchev–Trinajstić information content (AvgIpc) is 3.41. The summed E-state index contributed by atoms with van der Waals surface area (Å²) in [6.07, 6.45) is 3.26. The van der Waals surface area contributed by atoms with Gasteiger partial charge >= 0.3 is 5.69 Å². The fraction of sp³-hybridized carbons (Fsp3) is 0.130. The molecule has 0 radical (unpaired) electrons. The third-order valence-corrected chi connectivity index (χ3v) is 5.25. The monoisotopic (exact) mass is 444 g/mol. The van der Waals surface area contributed by atoms with Gasteiger partial charge in [0.1, 0.15) is 23.6 Å². The number of ether oxygens (including phenoxy) is 2. The van der Waals surface area contributed by atoms with Gasteiger partial charge in [0.15, 0.2) is 5.65 Å². The lowest BCUT2D eigenvalue weighted by Gasteiger charge is -2.05. The number of amides is 1. The van der Waals surface area contributed by atoms with E-state index in [9.17, 15) is 9.59 Å². The van der Waals surface area contributed by atoms with Gasteiger partial charge in [0.25, 0.3) is 0 Å². The molecule has 0 bridgehead atoms. The number of hydrogen-bond donors (Lipinski definition) is 1. The largest absolute Gasteiger partial charge is 0.497 e. The molecule has 5 rings (SSSR count). The minimum absolute atomic E-state index is 0.224. The Kier molecular flexibility index (Phi) is 5.02. The molecule has 0 aliphatic heterocycles. The molecular weight excluding hydrogens is 424 g/mol. The number of nitrogens with one attached hydrogen (secondary N) is 1. The van der Waals surface area contributed by atoms with Crippen molar-refractivity contribution in [1.82, 2.24) is 23.8 Å². The zero-order valence-electron chi connectivity index (χ0n) is 17.9. The Labute approximate surface area is 187 Å². The standard InChI is InChI=1S/C23H20N6O4/c1-32-17-7-3-15(4-8-17)19-13-20-22-26-29(23(31)27(22)11-12-28(20)25-19)14-21(30)24-16-5-9-18(33-2)10-6-16/h3-13H,14H2,1-2H3,(H,24,30). The summed E-state index contributed by atoms with van der Waals surface area (Å²) >= 11 is 0. The fourth-order valence-corrected chi connectivity index (χ4v) is 3.55. The van der Waals surface area contributed by atoms with Crippen LogP contribution in [0.15, 0.2) is 71.8 Å². The second-order valence-corrected chi connectivity index (χ2v) is 7.30. The van der Waals surface area contributed by atoms with E-state index in [4.69, 9.17) is 9.47 Å². The lowest BCUT2D eigenvalue weighted by Crippen LogP contribution is -2.28. The zero-order valence-corrected chi connectivity index (χ0v) is 17.9. The Bertz CT molecular complexity index is 1510. The van der Waals surface area contributed by atoms with E-state index in [1.165, 1.54) is 4.40 Å². The van der Waals surface area contributed by atoms with Gasteiger partial charge in [-0.05, 0) is 54.6 Å². The Hall–Kier alpha value is -4.60. The first kappa shape index (κ1) is 20.3. The molecule has 0 fully saturated rings. The van der Waals surface area contributed by atoms with Crippen LogP contribution >= 0.6 is 0 Å². The molecule has 0 saturated carbocycles. The third kappa shape index (κ3) is 3.78. The van der Waals surface area contributed by atoms with E-state index in [1.807, 2.05) is 30.3 Å². The highest BCUT2D eigenvalue weighted by Crippen LogP contribution is 2.23. The quantitative estimate of drug-likeness (QED) is 0.432. The maximum atomic E-state index is 12.8. The topological polar surface area (TPSA) is 104 Å². The normalized spacial score (nSPS) is 11.1. The number of carbonyl (C=O) groups excluding carboxylic acids is 1. The van der Waals surface area contributed by atoms with Gasteiger partial charge in [-0.2, -0.15) is 5.10 Å². The molecule has 0 atom stereocenters. The van der Waals surface area contributed by atoms with Crippen LogP contribution in [0.2, 0.25) is 0 Å². The molecule has 5 aromatic rings. The summed E-state index contributed by atoms with van der Waals surface area (Å²) < 4.78 is 14.5. The maximum Gasteiger partial charge on any atom is 0.350 e. The highest BCUT2D eigenvalue weighted by atomic mass is 16.5. The third-order valence-electron chi connectivity index (χ3n) is 5.25. The molecule has 33 heavy (non-hydrogen) atoms. The Morgan fingerprint density at radius 1 is 0.939 bits per heavy atom. The lowest BCUT2D eigenvalue weighted by molar-refractivity contribution is -0.117. The zero-order chi connectivity index (χ0) is 22.9.